The fraction of sp³-hybridized carbons (Fsp3) is 0.474. The highest BCUT2D eigenvalue weighted by Gasteiger charge is 2.31. The minimum atomic E-state index is 0.0210. The van der Waals surface area contributed by atoms with Crippen molar-refractivity contribution in [3.05, 3.63) is 35.9 Å². The van der Waals surface area contributed by atoms with Crippen molar-refractivity contribution in [2.75, 3.05) is 33.3 Å². The molecule has 2 fully saturated rings. The summed E-state index contributed by atoms with van der Waals surface area (Å²) in [5.41, 5.74) is 1.82. The number of hydrogen-bond acceptors (Lipinski definition) is 3. The largest absolute Gasteiger partial charge is 0.496 e. The second kappa shape index (κ2) is 7.59. The van der Waals surface area contributed by atoms with Gasteiger partial charge in [-0.2, -0.15) is 0 Å². The fourth-order valence-corrected chi connectivity index (χ4v) is 3.56. The number of allylic oxidation sites excluding steroid dienone is 1. The molecule has 3 rings (SSSR count). The van der Waals surface area contributed by atoms with Crippen molar-refractivity contribution in [2.45, 2.75) is 25.8 Å². The van der Waals surface area contributed by atoms with Crippen molar-refractivity contribution < 1.29 is 14.3 Å². The number of amides is 3. The lowest BCUT2D eigenvalue weighted by molar-refractivity contribution is -0.127. The molecular formula is C19H25N3O3. The predicted octanol–water partition coefficient (Wildman–Crippen LogP) is 2.11. The number of piperidine rings is 1. The molecule has 6 nitrogen and oxygen atoms in total. The summed E-state index contributed by atoms with van der Waals surface area (Å²) in [5.74, 6) is 0.788. The Balaban J connectivity index is 1.61. The third kappa shape index (κ3) is 3.78. The smallest absolute Gasteiger partial charge is 0.317 e. The van der Waals surface area contributed by atoms with Gasteiger partial charge in [0.2, 0.25) is 5.91 Å². The maximum Gasteiger partial charge on any atom is 0.317 e. The SMILES string of the molecule is COc1ccccc1/C(C)=C/C(=O)N1CCC(N2CCNC2=O)CC1. The van der Waals surface area contributed by atoms with Gasteiger partial charge >= 0.3 is 6.03 Å². The van der Waals surface area contributed by atoms with Crippen molar-refractivity contribution in [2.24, 2.45) is 0 Å². The molecule has 25 heavy (non-hydrogen) atoms. The molecule has 134 valence electrons. The number of ether oxygens (including phenoxy) is 1. The minimum absolute atomic E-state index is 0.0210. The van der Waals surface area contributed by atoms with Gasteiger partial charge in [0.25, 0.3) is 0 Å². The van der Waals surface area contributed by atoms with Crippen LogP contribution in [-0.4, -0.2) is 61.1 Å². The summed E-state index contributed by atoms with van der Waals surface area (Å²) >= 11 is 0. The number of nitrogens with zero attached hydrogens (tertiary/aromatic N) is 2. The first-order valence-electron chi connectivity index (χ1n) is 8.75. The van der Waals surface area contributed by atoms with Gasteiger partial charge in [-0.3, -0.25) is 4.79 Å². The van der Waals surface area contributed by atoms with Gasteiger partial charge in [-0.25, -0.2) is 4.79 Å². The Labute approximate surface area is 148 Å². The van der Waals surface area contributed by atoms with Gasteiger partial charge < -0.3 is 19.9 Å². The zero-order valence-corrected chi connectivity index (χ0v) is 14.8. The number of likely N-dealkylation sites (tertiary alicyclic amines) is 1. The molecule has 2 aliphatic rings. The lowest BCUT2D eigenvalue weighted by Crippen LogP contribution is -2.47. The molecule has 1 aromatic carbocycles. The third-order valence-electron chi connectivity index (χ3n) is 4.98. The monoisotopic (exact) mass is 343 g/mol. The third-order valence-corrected chi connectivity index (χ3v) is 4.98. The maximum atomic E-state index is 12.6. The molecule has 0 saturated carbocycles. The van der Waals surface area contributed by atoms with E-state index in [0.29, 0.717) is 13.1 Å². The van der Waals surface area contributed by atoms with Crippen molar-refractivity contribution in [1.29, 1.82) is 0 Å². The fourth-order valence-electron chi connectivity index (χ4n) is 3.56. The summed E-state index contributed by atoms with van der Waals surface area (Å²) in [6.45, 7) is 4.78. The Morgan fingerprint density at radius 2 is 1.96 bits per heavy atom. The van der Waals surface area contributed by atoms with Crippen LogP contribution in [0.15, 0.2) is 30.3 Å². The van der Waals surface area contributed by atoms with Crippen LogP contribution in [0.25, 0.3) is 5.57 Å². The number of nitrogens with one attached hydrogen (secondary N) is 1. The Bertz CT molecular complexity index is 678. The average molecular weight is 343 g/mol. The van der Waals surface area contributed by atoms with Crippen molar-refractivity contribution >= 4 is 17.5 Å². The van der Waals surface area contributed by atoms with Crippen molar-refractivity contribution in [3.8, 4) is 5.75 Å². The molecule has 1 aromatic rings. The summed E-state index contributed by atoms with van der Waals surface area (Å²) < 4.78 is 5.37. The summed E-state index contributed by atoms with van der Waals surface area (Å²) in [6.07, 6.45) is 3.35. The molecule has 0 unspecified atom stereocenters. The van der Waals surface area contributed by atoms with Crippen LogP contribution in [-0.2, 0) is 4.79 Å². The van der Waals surface area contributed by atoms with Gasteiger partial charge in [0.1, 0.15) is 5.75 Å². The average Bonchev–Trinajstić information content (AvgIpc) is 3.07. The van der Waals surface area contributed by atoms with Crippen LogP contribution >= 0.6 is 0 Å². The summed E-state index contributed by atoms with van der Waals surface area (Å²) in [6, 6.07) is 7.96. The first-order chi connectivity index (χ1) is 12.1. The summed E-state index contributed by atoms with van der Waals surface area (Å²) in [7, 11) is 1.63. The molecule has 2 aliphatic heterocycles. The van der Waals surface area contributed by atoms with Crippen LogP contribution in [0.2, 0.25) is 0 Å². The van der Waals surface area contributed by atoms with Gasteiger partial charge in [0, 0.05) is 43.9 Å². The Hall–Kier alpha value is -2.50. The topological polar surface area (TPSA) is 61.9 Å². The first-order valence-corrected chi connectivity index (χ1v) is 8.75. The number of carbonyl (C=O) groups excluding carboxylic acids is 2. The first kappa shape index (κ1) is 17.3. The Morgan fingerprint density at radius 1 is 1.24 bits per heavy atom. The molecule has 1 N–H and O–H groups in total. The molecule has 0 aliphatic carbocycles. The van der Waals surface area contributed by atoms with E-state index in [-0.39, 0.29) is 18.0 Å². The molecule has 2 heterocycles. The number of urea groups is 1. The van der Waals surface area contributed by atoms with E-state index in [2.05, 4.69) is 5.32 Å². The van der Waals surface area contributed by atoms with Gasteiger partial charge in [-0.15, -0.1) is 0 Å². The van der Waals surface area contributed by atoms with E-state index >= 15 is 0 Å². The molecule has 6 heteroatoms. The van der Waals surface area contributed by atoms with E-state index < -0.39 is 0 Å². The van der Waals surface area contributed by atoms with E-state index in [1.54, 1.807) is 13.2 Å². The molecule has 0 bridgehead atoms. The molecular weight excluding hydrogens is 318 g/mol. The van der Waals surface area contributed by atoms with E-state index in [1.807, 2.05) is 41.0 Å². The molecule has 0 radical (unpaired) electrons. The number of benzene rings is 1. The molecule has 2 saturated heterocycles. The van der Waals surface area contributed by atoms with Crippen LogP contribution in [0.3, 0.4) is 0 Å². The summed E-state index contributed by atoms with van der Waals surface area (Å²) in [5, 5.41) is 2.84. The number of methoxy groups -OCH3 is 1. The lowest BCUT2D eigenvalue weighted by Gasteiger charge is -2.35. The second-order valence-electron chi connectivity index (χ2n) is 6.51. The molecule has 0 atom stereocenters. The molecule has 0 aromatic heterocycles. The highest BCUT2D eigenvalue weighted by atomic mass is 16.5. The maximum absolute atomic E-state index is 12.6. The zero-order valence-electron chi connectivity index (χ0n) is 14.8. The number of rotatable bonds is 4. The quantitative estimate of drug-likeness (QED) is 0.852. The zero-order chi connectivity index (χ0) is 17.8. The molecule has 3 amide bonds. The van der Waals surface area contributed by atoms with E-state index in [9.17, 15) is 9.59 Å². The van der Waals surface area contributed by atoms with Crippen molar-refractivity contribution in [1.82, 2.24) is 15.1 Å². The van der Waals surface area contributed by atoms with Crippen LogP contribution in [0.5, 0.6) is 5.75 Å². The number of hydrogen-bond donors (Lipinski definition) is 1. The van der Waals surface area contributed by atoms with Gasteiger partial charge in [0.15, 0.2) is 0 Å². The van der Waals surface area contributed by atoms with Gasteiger partial charge in [-0.05, 0) is 31.4 Å². The van der Waals surface area contributed by atoms with E-state index in [1.165, 1.54) is 0 Å². The Kier molecular flexibility index (Phi) is 5.26. The lowest BCUT2D eigenvalue weighted by atomic mass is 10.0. The van der Waals surface area contributed by atoms with Gasteiger partial charge in [-0.1, -0.05) is 18.2 Å². The highest BCUT2D eigenvalue weighted by molar-refractivity contribution is 5.95. The summed E-state index contributed by atoms with van der Waals surface area (Å²) in [4.78, 5) is 28.1. The number of para-hydroxylation sites is 1. The van der Waals surface area contributed by atoms with Crippen LogP contribution < -0.4 is 10.1 Å². The van der Waals surface area contributed by atoms with Crippen LogP contribution in [0, 0.1) is 0 Å². The molecule has 0 spiro atoms. The second-order valence-corrected chi connectivity index (χ2v) is 6.51. The number of carbonyl (C=O) groups is 2. The van der Waals surface area contributed by atoms with E-state index in [0.717, 1.165) is 42.8 Å². The van der Waals surface area contributed by atoms with Crippen molar-refractivity contribution in [3.63, 3.8) is 0 Å². The predicted molar refractivity (Wildman–Crippen MR) is 96.4 cm³/mol. The normalized spacial score (nSPS) is 19.1. The van der Waals surface area contributed by atoms with Crippen LogP contribution in [0.1, 0.15) is 25.3 Å². The van der Waals surface area contributed by atoms with E-state index in [4.69, 9.17) is 4.74 Å². The Morgan fingerprint density at radius 3 is 2.60 bits per heavy atom. The minimum Gasteiger partial charge on any atom is -0.496 e. The standard InChI is InChI=1S/C19H25N3O3/c1-14(16-5-3-4-6-17(16)25-2)13-18(23)21-10-7-15(8-11-21)22-12-9-20-19(22)24/h3-6,13,15H,7-12H2,1-2H3,(H,20,24)/b14-13+. The van der Waals surface area contributed by atoms with Crippen LogP contribution in [0.4, 0.5) is 4.79 Å². The highest BCUT2D eigenvalue weighted by Crippen LogP contribution is 2.26. The van der Waals surface area contributed by atoms with Gasteiger partial charge in [0.05, 0.1) is 7.11 Å².